The Morgan fingerprint density at radius 3 is 2.00 bits per heavy atom. The Morgan fingerprint density at radius 2 is 1.58 bits per heavy atom. The van der Waals surface area contributed by atoms with Gasteiger partial charge in [-0.15, -0.1) is 0 Å². The molecule has 1 unspecified atom stereocenters. The molecule has 1 aromatic rings. The fraction of sp³-hybridized carbons (Fsp3) is 0.500. The second-order valence-electron chi connectivity index (χ2n) is 5.82. The van der Waals surface area contributed by atoms with E-state index >= 15 is 0 Å². The lowest BCUT2D eigenvalue weighted by Crippen LogP contribution is -2.39. The quantitative estimate of drug-likeness (QED) is 0.756. The summed E-state index contributed by atoms with van der Waals surface area (Å²) in [5.74, 6) is -1.08. The molecule has 1 fully saturated rings. The average Bonchev–Trinajstić information content (AvgIpc) is 2.82. The van der Waals surface area contributed by atoms with Crippen LogP contribution in [0.4, 0.5) is 32.0 Å². The molecule has 1 saturated heterocycles. The molecule has 26 heavy (non-hydrogen) atoms. The molecule has 2 rings (SSSR count). The lowest BCUT2D eigenvalue weighted by molar-refractivity contribution is -0.143. The second-order valence-corrected chi connectivity index (χ2v) is 8.04. The van der Waals surface area contributed by atoms with Crippen LogP contribution in [0.15, 0.2) is 18.2 Å². The molecule has 1 atom stereocenters. The summed E-state index contributed by atoms with van der Waals surface area (Å²) in [6.07, 6.45) is -9.77. The van der Waals surface area contributed by atoms with Gasteiger partial charge in [-0.1, -0.05) is 0 Å². The van der Waals surface area contributed by atoms with E-state index in [9.17, 15) is 39.6 Å². The minimum Gasteiger partial charge on any atom is -0.376 e. The molecular weight excluding hydrogens is 390 g/mol. The van der Waals surface area contributed by atoms with Crippen LogP contribution in [0.1, 0.15) is 17.5 Å². The molecule has 12 heteroatoms. The summed E-state index contributed by atoms with van der Waals surface area (Å²) < 4.78 is 99.1. The van der Waals surface area contributed by atoms with Gasteiger partial charge in [0.05, 0.1) is 29.2 Å². The number of amides is 1. The number of anilines is 1. The van der Waals surface area contributed by atoms with E-state index in [1.807, 2.05) is 0 Å². The van der Waals surface area contributed by atoms with Crippen molar-refractivity contribution in [3.05, 3.63) is 29.3 Å². The molecule has 0 aliphatic carbocycles. The van der Waals surface area contributed by atoms with Crippen molar-refractivity contribution in [1.82, 2.24) is 5.32 Å². The van der Waals surface area contributed by atoms with Crippen molar-refractivity contribution in [3.8, 4) is 0 Å². The van der Waals surface area contributed by atoms with Crippen LogP contribution in [0.2, 0.25) is 0 Å². The summed E-state index contributed by atoms with van der Waals surface area (Å²) in [7, 11) is -3.24. The number of hydrogen-bond acceptors (Lipinski definition) is 4. The zero-order valence-electron chi connectivity index (χ0n) is 13.0. The third kappa shape index (κ3) is 5.51. The van der Waals surface area contributed by atoms with Crippen LogP contribution in [0.3, 0.4) is 0 Å². The number of carbonyl (C=O) groups excluding carboxylic acids is 1. The van der Waals surface area contributed by atoms with Crippen LogP contribution < -0.4 is 10.6 Å². The Morgan fingerprint density at radius 1 is 1.04 bits per heavy atom. The van der Waals surface area contributed by atoms with Crippen molar-refractivity contribution in [2.45, 2.75) is 24.8 Å². The molecule has 1 aromatic carbocycles. The fourth-order valence-corrected chi connectivity index (χ4v) is 4.10. The lowest BCUT2D eigenvalue weighted by Gasteiger charge is -2.16. The van der Waals surface area contributed by atoms with Gasteiger partial charge in [-0.25, -0.2) is 8.42 Å². The number of sulfone groups is 1. The number of benzene rings is 1. The molecule has 1 heterocycles. The Kier molecular flexibility index (Phi) is 5.45. The van der Waals surface area contributed by atoms with Gasteiger partial charge in [0.15, 0.2) is 9.84 Å². The number of carbonyl (C=O) groups is 1. The van der Waals surface area contributed by atoms with E-state index in [1.165, 1.54) is 0 Å². The highest BCUT2D eigenvalue weighted by Gasteiger charge is 2.37. The smallest absolute Gasteiger partial charge is 0.376 e. The van der Waals surface area contributed by atoms with Gasteiger partial charge >= 0.3 is 12.4 Å². The maximum Gasteiger partial charge on any atom is 0.416 e. The van der Waals surface area contributed by atoms with Gasteiger partial charge in [0.2, 0.25) is 5.91 Å². The molecule has 0 saturated carbocycles. The standard InChI is InChI=1S/C14H14F6N2O3S/c15-13(16,17)8-3-9(14(18,19)20)5-11(4-8)21-6-12(23)22-10-1-2-26(24,25)7-10/h3-5,10,21H,1-2,6-7H2,(H,22,23). The van der Waals surface area contributed by atoms with Crippen molar-refractivity contribution in [2.75, 3.05) is 23.4 Å². The van der Waals surface area contributed by atoms with Gasteiger partial charge in [-0.2, -0.15) is 26.3 Å². The van der Waals surface area contributed by atoms with Crippen LogP contribution in [0, 0.1) is 0 Å². The van der Waals surface area contributed by atoms with Crippen LogP contribution in [-0.4, -0.2) is 38.4 Å². The number of halogens is 6. The molecule has 146 valence electrons. The van der Waals surface area contributed by atoms with Gasteiger partial charge in [-0.05, 0) is 24.6 Å². The highest BCUT2D eigenvalue weighted by Crippen LogP contribution is 2.37. The Labute approximate surface area is 144 Å². The first-order valence-electron chi connectivity index (χ1n) is 7.29. The zero-order chi connectivity index (χ0) is 19.8. The summed E-state index contributed by atoms with van der Waals surface area (Å²) in [5, 5.41) is 4.57. The van der Waals surface area contributed by atoms with Gasteiger partial charge in [0, 0.05) is 11.7 Å². The van der Waals surface area contributed by atoms with Crippen molar-refractivity contribution in [2.24, 2.45) is 0 Å². The summed E-state index contributed by atoms with van der Waals surface area (Å²) in [6.45, 7) is -0.602. The van der Waals surface area contributed by atoms with Crippen molar-refractivity contribution in [3.63, 3.8) is 0 Å². The first kappa shape index (κ1) is 20.3. The second kappa shape index (κ2) is 6.97. The number of nitrogens with one attached hydrogen (secondary N) is 2. The van der Waals surface area contributed by atoms with E-state index in [0.29, 0.717) is 12.1 Å². The lowest BCUT2D eigenvalue weighted by atomic mass is 10.1. The highest BCUT2D eigenvalue weighted by molar-refractivity contribution is 7.91. The Hall–Kier alpha value is -1.98. The molecule has 5 nitrogen and oxygen atoms in total. The maximum atomic E-state index is 12.7. The van der Waals surface area contributed by atoms with E-state index in [1.54, 1.807) is 0 Å². The third-order valence-corrected chi connectivity index (χ3v) is 5.41. The van der Waals surface area contributed by atoms with E-state index in [4.69, 9.17) is 0 Å². The van der Waals surface area contributed by atoms with Crippen LogP contribution >= 0.6 is 0 Å². The van der Waals surface area contributed by atoms with Crippen LogP contribution in [0.25, 0.3) is 0 Å². The van der Waals surface area contributed by atoms with Crippen LogP contribution in [0.5, 0.6) is 0 Å². The van der Waals surface area contributed by atoms with Crippen LogP contribution in [-0.2, 0) is 27.0 Å². The maximum absolute atomic E-state index is 12.7. The van der Waals surface area contributed by atoms with Gasteiger partial charge < -0.3 is 10.6 Å². The first-order chi connectivity index (χ1) is 11.8. The zero-order valence-corrected chi connectivity index (χ0v) is 13.9. The average molecular weight is 404 g/mol. The summed E-state index contributed by atoms with van der Waals surface area (Å²) in [5.41, 5.74) is -3.53. The van der Waals surface area contributed by atoms with E-state index < -0.39 is 57.5 Å². The third-order valence-electron chi connectivity index (χ3n) is 3.64. The van der Waals surface area contributed by atoms with E-state index in [0.717, 1.165) is 0 Å². The number of rotatable bonds is 4. The molecule has 0 radical (unpaired) electrons. The largest absolute Gasteiger partial charge is 0.416 e. The SMILES string of the molecule is O=C(CNc1cc(C(F)(F)F)cc(C(F)(F)F)c1)NC1CCS(=O)(=O)C1. The van der Waals surface area contributed by atoms with E-state index in [-0.39, 0.29) is 24.0 Å². The van der Waals surface area contributed by atoms with Gasteiger partial charge in [-0.3, -0.25) is 4.79 Å². The molecule has 0 aromatic heterocycles. The van der Waals surface area contributed by atoms with E-state index in [2.05, 4.69) is 10.6 Å². The molecular formula is C14H14F6N2O3S. The Bertz CT molecular complexity index is 757. The molecule has 1 aliphatic rings. The minimum absolute atomic E-state index is 0.0192. The molecule has 2 N–H and O–H groups in total. The topological polar surface area (TPSA) is 75.3 Å². The molecule has 0 spiro atoms. The van der Waals surface area contributed by atoms with Gasteiger partial charge in [0.1, 0.15) is 0 Å². The predicted molar refractivity (Wildman–Crippen MR) is 80.1 cm³/mol. The van der Waals surface area contributed by atoms with Gasteiger partial charge in [0.25, 0.3) is 0 Å². The Balaban J connectivity index is 2.07. The summed E-state index contributed by atoms with van der Waals surface area (Å²) in [6, 6.07) is 0.279. The fourth-order valence-electron chi connectivity index (χ4n) is 2.43. The van der Waals surface area contributed by atoms with Crippen molar-refractivity contribution >= 4 is 21.4 Å². The number of hydrogen-bond donors (Lipinski definition) is 2. The molecule has 0 bridgehead atoms. The monoisotopic (exact) mass is 404 g/mol. The molecule has 1 amide bonds. The van der Waals surface area contributed by atoms with Crippen molar-refractivity contribution < 1.29 is 39.6 Å². The normalized spacial score (nSPS) is 20.0. The highest BCUT2D eigenvalue weighted by atomic mass is 32.2. The predicted octanol–water partition coefficient (Wildman–Crippen LogP) is 2.44. The first-order valence-corrected chi connectivity index (χ1v) is 9.11. The number of alkyl halides is 6. The minimum atomic E-state index is -4.99. The summed E-state index contributed by atoms with van der Waals surface area (Å²) in [4.78, 5) is 11.7. The summed E-state index contributed by atoms with van der Waals surface area (Å²) >= 11 is 0. The van der Waals surface area contributed by atoms with Crippen molar-refractivity contribution in [1.29, 1.82) is 0 Å². The molecule has 1 aliphatic heterocycles.